The number of amides is 1. The number of likely N-dealkylation sites (N-methyl/N-ethyl adjacent to an activating group) is 1. The van der Waals surface area contributed by atoms with Crippen LogP contribution in [0.15, 0.2) is 0 Å². The topological polar surface area (TPSA) is 48.0 Å². The van der Waals surface area contributed by atoms with Gasteiger partial charge in [-0.3, -0.25) is 4.79 Å². The van der Waals surface area contributed by atoms with Crippen LogP contribution in [-0.2, 0) is 4.79 Å². The van der Waals surface area contributed by atoms with E-state index in [9.17, 15) is 4.79 Å². The first-order valence-electron chi connectivity index (χ1n) is 3.51. The maximum atomic E-state index is 11.1. The normalized spacial score (nSPS) is 13.4. The van der Waals surface area contributed by atoms with Crippen LogP contribution in [0.5, 0.6) is 0 Å². The molecule has 0 bridgehead atoms. The highest BCUT2D eigenvalue weighted by Crippen LogP contribution is 1.98. The van der Waals surface area contributed by atoms with Crippen molar-refractivity contribution >= 4 is 5.91 Å². The lowest BCUT2D eigenvalue weighted by atomic mass is 10.0. The molecule has 1 atom stereocenters. The van der Waals surface area contributed by atoms with Crippen molar-refractivity contribution in [1.29, 1.82) is 0 Å². The van der Waals surface area contributed by atoms with Crippen molar-refractivity contribution in [2.45, 2.75) is 19.9 Å². The first-order chi connectivity index (χ1) is 4.46. The maximum Gasteiger partial charge on any atom is 0.280 e. The lowest BCUT2D eigenvalue weighted by molar-refractivity contribution is -0.415. The minimum atomic E-state index is -0.102. The minimum Gasteiger partial charge on any atom is -0.347 e. The largest absolute Gasteiger partial charge is 0.347 e. The van der Waals surface area contributed by atoms with Gasteiger partial charge in [-0.05, 0) is 0 Å². The fourth-order valence-electron chi connectivity index (χ4n) is 0.617. The van der Waals surface area contributed by atoms with E-state index >= 15 is 0 Å². The van der Waals surface area contributed by atoms with E-state index in [4.69, 9.17) is 0 Å². The summed E-state index contributed by atoms with van der Waals surface area (Å²) in [5.41, 5.74) is 3.77. The standard InChI is InChI=1S/C7H16N2O/c1-5(2)6(8)7(10)9(3)4/h5-6H,8H2,1-4H3/p+1/t6-/m0/s1. The molecule has 0 radical (unpaired) electrons. The fraction of sp³-hybridized carbons (Fsp3) is 0.857. The molecular formula is C7H17N2O+. The number of rotatable bonds is 2. The van der Waals surface area contributed by atoms with Gasteiger partial charge in [0.05, 0.1) is 0 Å². The van der Waals surface area contributed by atoms with Gasteiger partial charge in [0.15, 0.2) is 6.04 Å². The van der Waals surface area contributed by atoms with E-state index < -0.39 is 0 Å². The number of nitrogens with zero attached hydrogens (tertiary/aromatic N) is 1. The van der Waals surface area contributed by atoms with Gasteiger partial charge in [-0.1, -0.05) is 13.8 Å². The molecule has 3 heteroatoms. The highest BCUT2D eigenvalue weighted by Gasteiger charge is 2.21. The third kappa shape index (κ3) is 2.35. The van der Waals surface area contributed by atoms with Crippen molar-refractivity contribution in [3.8, 4) is 0 Å². The molecule has 3 nitrogen and oxygen atoms in total. The predicted octanol–water partition coefficient (Wildman–Crippen LogP) is -0.659. The highest BCUT2D eigenvalue weighted by molar-refractivity contribution is 5.79. The number of carbonyl (C=O) groups excluding carboxylic acids is 1. The van der Waals surface area contributed by atoms with Gasteiger partial charge in [0.2, 0.25) is 0 Å². The molecule has 60 valence electrons. The minimum absolute atomic E-state index is 0.102. The summed E-state index contributed by atoms with van der Waals surface area (Å²) in [6.07, 6.45) is 0. The van der Waals surface area contributed by atoms with Gasteiger partial charge in [-0.15, -0.1) is 0 Å². The van der Waals surface area contributed by atoms with Crippen LogP contribution in [0.1, 0.15) is 13.8 Å². The molecule has 0 unspecified atom stereocenters. The number of carbonyl (C=O) groups is 1. The number of hydrogen-bond donors (Lipinski definition) is 1. The Labute approximate surface area is 62.2 Å². The third-order valence-corrected chi connectivity index (χ3v) is 1.56. The monoisotopic (exact) mass is 145 g/mol. The van der Waals surface area contributed by atoms with E-state index in [-0.39, 0.29) is 11.9 Å². The Morgan fingerprint density at radius 1 is 1.40 bits per heavy atom. The summed E-state index contributed by atoms with van der Waals surface area (Å²) in [6, 6.07) is -0.102. The average Bonchev–Trinajstić information content (AvgIpc) is 1.84. The van der Waals surface area contributed by atoms with Gasteiger partial charge in [0.1, 0.15) is 0 Å². The molecule has 0 aromatic carbocycles. The van der Waals surface area contributed by atoms with E-state index in [2.05, 4.69) is 5.73 Å². The Morgan fingerprint density at radius 3 is 1.90 bits per heavy atom. The van der Waals surface area contributed by atoms with Crippen LogP contribution in [-0.4, -0.2) is 30.9 Å². The summed E-state index contributed by atoms with van der Waals surface area (Å²) in [5, 5.41) is 0. The third-order valence-electron chi connectivity index (χ3n) is 1.56. The first kappa shape index (κ1) is 9.43. The Balaban J connectivity index is 3.95. The van der Waals surface area contributed by atoms with Crippen LogP contribution in [0.2, 0.25) is 0 Å². The molecule has 3 N–H and O–H groups in total. The van der Waals surface area contributed by atoms with Crippen LogP contribution >= 0.6 is 0 Å². The van der Waals surface area contributed by atoms with Crippen molar-refractivity contribution in [3.63, 3.8) is 0 Å². The van der Waals surface area contributed by atoms with Crippen molar-refractivity contribution in [2.24, 2.45) is 5.92 Å². The van der Waals surface area contributed by atoms with Crippen LogP contribution < -0.4 is 5.73 Å². The summed E-state index contributed by atoms with van der Waals surface area (Å²) in [4.78, 5) is 12.7. The van der Waals surface area contributed by atoms with E-state index in [1.54, 1.807) is 19.0 Å². The molecule has 0 aliphatic heterocycles. The lowest BCUT2D eigenvalue weighted by Gasteiger charge is -2.16. The van der Waals surface area contributed by atoms with Crippen molar-refractivity contribution in [2.75, 3.05) is 14.1 Å². The molecule has 0 saturated carbocycles. The molecule has 0 aliphatic rings. The molecule has 0 fully saturated rings. The summed E-state index contributed by atoms with van der Waals surface area (Å²) in [6.45, 7) is 4.00. The first-order valence-corrected chi connectivity index (χ1v) is 3.51. The summed E-state index contributed by atoms with van der Waals surface area (Å²) < 4.78 is 0. The van der Waals surface area contributed by atoms with Gasteiger partial charge in [-0.25, -0.2) is 0 Å². The Morgan fingerprint density at radius 2 is 1.80 bits per heavy atom. The van der Waals surface area contributed by atoms with Crippen molar-refractivity contribution < 1.29 is 10.5 Å². The molecule has 0 saturated heterocycles. The van der Waals surface area contributed by atoms with E-state index in [1.807, 2.05) is 13.8 Å². The van der Waals surface area contributed by atoms with Crippen LogP contribution in [0.4, 0.5) is 0 Å². The molecule has 0 spiro atoms. The molecule has 1 amide bonds. The second kappa shape index (κ2) is 3.56. The average molecular weight is 145 g/mol. The van der Waals surface area contributed by atoms with Gasteiger partial charge in [0.25, 0.3) is 5.91 Å². The quantitative estimate of drug-likeness (QED) is 0.551. The number of hydrogen-bond acceptors (Lipinski definition) is 1. The molecule has 0 rings (SSSR count). The zero-order valence-electron chi connectivity index (χ0n) is 7.22. The smallest absolute Gasteiger partial charge is 0.280 e. The van der Waals surface area contributed by atoms with Gasteiger partial charge in [-0.2, -0.15) is 0 Å². The van der Waals surface area contributed by atoms with Crippen LogP contribution in [0.25, 0.3) is 0 Å². The van der Waals surface area contributed by atoms with E-state index in [0.29, 0.717) is 5.92 Å². The zero-order chi connectivity index (χ0) is 8.31. The van der Waals surface area contributed by atoms with Crippen molar-refractivity contribution in [3.05, 3.63) is 0 Å². The Hall–Kier alpha value is -0.570. The highest BCUT2D eigenvalue weighted by atomic mass is 16.2. The van der Waals surface area contributed by atoms with Crippen LogP contribution in [0, 0.1) is 5.92 Å². The fourth-order valence-corrected chi connectivity index (χ4v) is 0.617. The van der Waals surface area contributed by atoms with Gasteiger partial charge < -0.3 is 10.6 Å². The molecule has 10 heavy (non-hydrogen) atoms. The summed E-state index contributed by atoms with van der Waals surface area (Å²) in [7, 11) is 3.51. The van der Waals surface area contributed by atoms with E-state index in [0.717, 1.165) is 0 Å². The SMILES string of the molecule is CC(C)[C@H]([NH3+])C(=O)N(C)C. The van der Waals surface area contributed by atoms with Crippen LogP contribution in [0.3, 0.4) is 0 Å². The van der Waals surface area contributed by atoms with E-state index in [1.165, 1.54) is 0 Å². The molecule has 0 heterocycles. The lowest BCUT2D eigenvalue weighted by Crippen LogP contribution is -2.69. The second-order valence-corrected chi connectivity index (χ2v) is 3.08. The molecular weight excluding hydrogens is 128 g/mol. The Kier molecular flexibility index (Phi) is 3.36. The molecule has 0 aromatic rings. The number of quaternary nitrogens is 1. The zero-order valence-corrected chi connectivity index (χ0v) is 7.22. The Bertz CT molecular complexity index is 121. The van der Waals surface area contributed by atoms with Crippen molar-refractivity contribution in [1.82, 2.24) is 4.90 Å². The summed E-state index contributed by atoms with van der Waals surface area (Å²) >= 11 is 0. The maximum absolute atomic E-state index is 11.1. The van der Waals surface area contributed by atoms with Gasteiger partial charge in [0, 0.05) is 20.0 Å². The predicted molar refractivity (Wildman–Crippen MR) is 40.2 cm³/mol. The van der Waals surface area contributed by atoms with Gasteiger partial charge >= 0.3 is 0 Å². The second-order valence-electron chi connectivity index (χ2n) is 3.08. The molecule has 0 aliphatic carbocycles. The molecule has 0 aromatic heterocycles. The summed E-state index contributed by atoms with van der Waals surface area (Å²) in [5.74, 6) is 0.435.